The van der Waals surface area contributed by atoms with Gasteiger partial charge in [0.25, 0.3) is 0 Å². The first kappa shape index (κ1) is 23.9. The van der Waals surface area contributed by atoms with Crippen LogP contribution in [-0.4, -0.2) is 29.7 Å². The highest BCUT2D eigenvalue weighted by atomic mass is 31.1. The van der Waals surface area contributed by atoms with Gasteiger partial charge in [-0.15, -0.1) is 0 Å². The Morgan fingerprint density at radius 2 is 1.00 bits per heavy atom. The predicted molar refractivity (Wildman–Crippen MR) is 124 cm³/mol. The number of hydrogen-bond acceptors (Lipinski definition) is 1. The minimum atomic E-state index is -0.00605. The molecule has 3 heteroatoms. The second kappa shape index (κ2) is 10.4. The van der Waals surface area contributed by atoms with E-state index in [9.17, 15) is 0 Å². The van der Waals surface area contributed by atoms with Gasteiger partial charge in [0, 0.05) is 0 Å². The molecule has 0 heterocycles. The highest BCUT2D eigenvalue weighted by Gasteiger charge is 2.23. The molecule has 0 fully saturated rings. The Morgan fingerprint density at radius 1 is 0.692 bits per heavy atom. The van der Waals surface area contributed by atoms with Crippen LogP contribution in [0.25, 0.3) is 0 Å². The van der Waals surface area contributed by atoms with E-state index in [1.54, 1.807) is 0 Å². The minimum Gasteiger partial charge on any atom is -0.496 e. The second-order valence-corrected chi connectivity index (χ2v) is 15.5. The molecule has 0 amide bonds. The van der Waals surface area contributed by atoms with Crippen molar-refractivity contribution in [3.8, 4) is 5.75 Å². The van der Waals surface area contributed by atoms with Gasteiger partial charge in [-0.25, -0.2) is 0 Å². The Kier molecular flexibility index (Phi) is 9.60. The standard InChI is InChI=1S/C23H42OP2/c1-15(2)25(16(3)4)13-21-12-22(14-26(17(5)6)18(7)8)20(10)23(24-11)19(21)9/h12,15-18H,13-14H2,1-11H3. The summed E-state index contributed by atoms with van der Waals surface area (Å²) in [6.45, 7) is 23.7. The Bertz CT molecular complexity index is 514. The van der Waals surface area contributed by atoms with Crippen LogP contribution < -0.4 is 4.74 Å². The third-order valence-electron chi connectivity index (χ3n) is 5.56. The molecule has 0 aromatic heterocycles. The molecule has 0 saturated heterocycles. The molecule has 0 N–H and O–H groups in total. The van der Waals surface area contributed by atoms with Crippen molar-refractivity contribution in [2.75, 3.05) is 7.11 Å². The van der Waals surface area contributed by atoms with Crippen LogP contribution in [0.3, 0.4) is 0 Å². The molecule has 1 nitrogen and oxygen atoms in total. The highest BCUT2D eigenvalue weighted by Crippen LogP contribution is 2.52. The van der Waals surface area contributed by atoms with Gasteiger partial charge >= 0.3 is 0 Å². The molecular weight excluding hydrogens is 354 g/mol. The summed E-state index contributed by atoms with van der Waals surface area (Å²) < 4.78 is 5.88. The van der Waals surface area contributed by atoms with Gasteiger partial charge in [0.15, 0.2) is 0 Å². The average molecular weight is 397 g/mol. The van der Waals surface area contributed by atoms with Crippen LogP contribution >= 0.6 is 15.8 Å². The molecule has 0 aliphatic rings. The molecule has 1 rings (SSSR count). The lowest BCUT2D eigenvalue weighted by Crippen LogP contribution is -2.10. The Hall–Kier alpha value is -0.120. The Morgan fingerprint density at radius 3 is 1.23 bits per heavy atom. The van der Waals surface area contributed by atoms with Gasteiger partial charge in [-0.3, -0.25) is 0 Å². The third-order valence-corrected chi connectivity index (χ3v) is 12.3. The van der Waals surface area contributed by atoms with Crippen molar-refractivity contribution >= 4 is 15.8 Å². The summed E-state index contributed by atoms with van der Waals surface area (Å²) in [4.78, 5) is 0. The van der Waals surface area contributed by atoms with Crippen LogP contribution in [0.5, 0.6) is 5.75 Å². The lowest BCUT2D eigenvalue weighted by Gasteiger charge is -2.30. The fraction of sp³-hybridized carbons (Fsp3) is 0.739. The topological polar surface area (TPSA) is 9.23 Å². The van der Waals surface area contributed by atoms with Crippen LogP contribution in [0.4, 0.5) is 0 Å². The molecule has 0 aliphatic carbocycles. The lowest BCUT2D eigenvalue weighted by atomic mass is 10.00. The molecule has 0 aliphatic heterocycles. The van der Waals surface area contributed by atoms with Gasteiger partial charge in [0.05, 0.1) is 7.11 Å². The van der Waals surface area contributed by atoms with E-state index in [0.717, 1.165) is 28.4 Å². The number of methoxy groups -OCH3 is 1. The van der Waals surface area contributed by atoms with Gasteiger partial charge in [-0.05, 0) is 71.1 Å². The van der Waals surface area contributed by atoms with E-state index in [1.807, 2.05) is 7.11 Å². The predicted octanol–water partition coefficient (Wildman–Crippen LogP) is 7.91. The van der Waals surface area contributed by atoms with E-state index in [-0.39, 0.29) is 15.8 Å². The van der Waals surface area contributed by atoms with E-state index in [0.29, 0.717) is 0 Å². The summed E-state index contributed by atoms with van der Waals surface area (Å²) in [6.07, 6.45) is 2.45. The molecule has 0 spiro atoms. The molecular formula is C23H42OP2. The molecule has 0 bridgehead atoms. The Balaban J connectivity index is 3.36. The van der Waals surface area contributed by atoms with E-state index < -0.39 is 0 Å². The molecule has 0 unspecified atom stereocenters. The average Bonchev–Trinajstić information content (AvgIpc) is 2.52. The van der Waals surface area contributed by atoms with Gasteiger partial charge < -0.3 is 4.74 Å². The van der Waals surface area contributed by atoms with Crippen LogP contribution in [-0.2, 0) is 12.3 Å². The third kappa shape index (κ3) is 5.94. The maximum atomic E-state index is 5.88. The van der Waals surface area contributed by atoms with Crippen LogP contribution in [0.15, 0.2) is 6.07 Å². The summed E-state index contributed by atoms with van der Waals surface area (Å²) in [5.74, 6) is 1.13. The van der Waals surface area contributed by atoms with Gasteiger partial charge in [-0.2, -0.15) is 0 Å². The van der Waals surface area contributed by atoms with Crippen molar-refractivity contribution in [1.82, 2.24) is 0 Å². The monoisotopic (exact) mass is 396 g/mol. The van der Waals surface area contributed by atoms with Crippen molar-refractivity contribution in [3.05, 3.63) is 28.3 Å². The van der Waals surface area contributed by atoms with Crippen LogP contribution in [0.1, 0.15) is 77.6 Å². The molecule has 0 radical (unpaired) electrons. The zero-order valence-corrected chi connectivity index (χ0v) is 20.9. The summed E-state index contributed by atoms with van der Waals surface area (Å²) in [5, 5.41) is 0. The fourth-order valence-electron chi connectivity index (χ4n) is 3.95. The van der Waals surface area contributed by atoms with Crippen molar-refractivity contribution in [1.29, 1.82) is 0 Å². The largest absolute Gasteiger partial charge is 0.496 e. The normalized spacial score (nSPS) is 12.5. The molecule has 1 aromatic rings. The van der Waals surface area contributed by atoms with E-state index in [1.165, 1.54) is 34.6 Å². The van der Waals surface area contributed by atoms with Crippen LogP contribution in [0.2, 0.25) is 0 Å². The quantitative estimate of drug-likeness (QED) is 0.385. The molecule has 150 valence electrons. The smallest absolute Gasteiger partial charge is 0.125 e. The zero-order valence-electron chi connectivity index (χ0n) is 19.1. The fourth-order valence-corrected chi connectivity index (χ4v) is 9.24. The lowest BCUT2D eigenvalue weighted by molar-refractivity contribution is 0.407. The van der Waals surface area contributed by atoms with Gasteiger partial charge in [-0.1, -0.05) is 77.3 Å². The molecule has 0 atom stereocenters. The summed E-state index contributed by atoms with van der Waals surface area (Å²) >= 11 is 0. The van der Waals surface area contributed by atoms with Gasteiger partial charge in [0.1, 0.15) is 5.75 Å². The van der Waals surface area contributed by atoms with Crippen LogP contribution in [0, 0.1) is 13.8 Å². The number of hydrogen-bond donors (Lipinski definition) is 0. The minimum absolute atomic E-state index is 0.00605. The summed E-state index contributed by atoms with van der Waals surface area (Å²) in [7, 11) is 1.83. The maximum Gasteiger partial charge on any atom is 0.125 e. The second-order valence-electron chi connectivity index (χ2n) is 8.70. The first-order valence-electron chi connectivity index (χ1n) is 10.2. The summed E-state index contributed by atoms with van der Waals surface area (Å²) in [5.41, 5.74) is 8.85. The first-order valence-corrected chi connectivity index (χ1v) is 13.5. The van der Waals surface area contributed by atoms with Crippen molar-refractivity contribution in [3.63, 3.8) is 0 Å². The van der Waals surface area contributed by atoms with E-state index in [4.69, 9.17) is 4.74 Å². The Labute approximate surface area is 166 Å². The molecule has 26 heavy (non-hydrogen) atoms. The zero-order chi connectivity index (χ0) is 20.2. The first-order chi connectivity index (χ1) is 12.0. The number of ether oxygens (including phenoxy) is 1. The highest BCUT2D eigenvalue weighted by molar-refractivity contribution is 7.58. The number of benzene rings is 1. The molecule has 1 aromatic carbocycles. The van der Waals surface area contributed by atoms with Crippen molar-refractivity contribution in [2.24, 2.45) is 0 Å². The SMILES string of the molecule is COc1c(C)c(CP(C(C)C)C(C)C)cc(CP(C(C)C)C(C)C)c1C. The van der Waals surface area contributed by atoms with Crippen molar-refractivity contribution < 1.29 is 4.74 Å². The van der Waals surface area contributed by atoms with Crippen molar-refractivity contribution in [2.45, 2.75) is 104 Å². The summed E-state index contributed by atoms with van der Waals surface area (Å²) in [6, 6.07) is 2.54. The molecule has 0 saturated carbocycles. The van der Waals surface area contributed by atoms with E-state index in [2.05, 4.69) is 75.3 Å². The van der Waals surface area contributed by atoms with E-state index >= 15 is 0 Å². The maximum absolute atomic E-state index is 5.88. The number of rotatable bonds is 9. The van der Waals surface area contributed by atoms with Gasteiger partial charge in [0.2, 0.25) is 0 Å².